The first-order chi connectivity index (χ1) is 8.74. The summed E-state index contributed by atoms with van der Waals surface area (Å²) in [6, 6.07) is 7.86. The fourth-order valence-corrected chi connectivity index (χ4v) is 1.64. The Balaban J connectivity index is 0.000000225. The molecule has 0 atom stereocenters. The van der Waals surface area contributed by atoms with Crippen LogP contribution in [-0.4, -0.2) is 32.6 Å². The first-order valence-electron chi connectivity index (χ1n) is 6.45. The first kappa shape index (κ1) is 14.7. The van der Waals surface area contributed by atoms with Crippen molar-refractivity contribution in [3.05, 3.63) is 29.8 Å². The van der Waals surface area contributed by atoms with E-state index in [2.05, 4.69) is 29.8 Å². The molecular formula is C14H23N3O. The predicted molar refractivity (Wildman–Crippen MR) is 76.0 cm³/mol. The molecule has 100 valence electrons. The Hall–Kier alpha value is -1.39. The molecule has 2 rings (SSSR count). The molecule has 0 spiro atoms. The smallest absolute Gasteiger partial charge is 0.211 e. The van der Waals surface area contributed by atoms with Crippen LogP contribution in [0.2, 0.25) is 0 Å². The normalized spacial score (nSPS) is 14.6. The van der Waals surface area contributed by atoms with Crippen molar-refractivity contribution in [1.82, 2.24) is 10.6 Å². The van der Waals surface area contributed by atoms with Gasteiger partial charge in [-0.05, 0) is 23.6 Å². The second-order valence-electron chi connectivity index (χ2n) is 4.54. The van der Waals surface area contributed by atoms with Crippen LogP contribution in [0, 0.1) is 0 Å². The number of nitrogens with one attached hydrogen (secondary N) is 3. The summed E-state index contributed by atoms with van der Waals surface area (Å²) in [5, 5.41) is 9.04. The first-order valence-corrected chi connectivity index (χ1v) is 6.45. The zero-order valence-corrected chi connectivity index (χ0v) is 11.2. The molecule has 0 radical (unpaired) electrons. The van der Waals surface area contributed by atoms with Crippen molar-refractivity contribution in [1.29, 1.82) is 0 Å². The Morgan fingerprint density at radius 1 is 1.06 bits per heavy atom. The SMILES string of the molecule is C1CNCCN1.CC(C)c1ccc(NC=O)cc1. The molecule has 3 N–H and O–H groups in total. The number of amides is 1. The molecule has 1 aromatic rings. The van der Waals surface area contributed by atoms with E-state index in [0.717, 1.165) is 31.9 Å². The minimum Gasteiger partial charge on any atom is -0.329 e. The lowest BCUT2D eigenvalue weighted by Crippen LogP contribution is -2.39. The Labute approximate surface area is 109 Å². The van der Waals surface area contributed by atoms with Gasteiger partial charge in [0.2, 0.25) is 6.41 Å². The molecule has 4 heteroatoms. The molecule has 1 aliphatic rings. The van der Waals surface area contributed by atoms with Crippen LogP contribution < -0.4 is 16.0 Å². The maximum atomic E-state index is 10.1. The molecule has 1 amide bonds. The van der Waals surface area contributed by atoms with Gasteiger partial charge in [-0.15, -0.1) is 0 Å². The minimum absolute atomic E-state index is 0.537. The molecule has 1 heterocycles. The number of benzene rings is 1. The fraction of sp³-hybridized carbons (Fsp3) is 0.500. The summed E-state index contributed by atoms with van der Waals surface area (Å²) in [5.74, 6) is 0.537. The zero-order valence-electron chi connectivity index (χ0n) is 11.2. The Bertz CT molecular complexity index is 320. The van der Waals surface area contributed by atoms with E-state index in [1.165, 1.54) is 5.56 Å². The third kappa shape index (κ3) is 5.80. The molecule has 0 aromatic heterocycles. The highest BCUT2D eigenvalue weighted by Crippen LogP contribution is 2.16. The zero-order chi connectivity index (χ0) is 13.2. The highest BCUT2D eigenvalue weighted by atomic mass is 16.1. The van der Waals surface area contributed by atoms with Gasteiger partial charge in [0, 0.05) is 31.9 Å². The monoisotopic (exact) mass is 249 g/mol. The Kier molecular flexibility index (Phi) is 7.06. The van der Waals surface area contributed by atoms with Crippen LogP contribution in [-0.2, 0) is 4.79 Å². The summed E-state index contributed by atoms with van der Waals surface area (Å²) in [4.78, 5) is 10.1. The fourth-order valence-electron chi connectivity index (χ4n) is 1.64. The van der Waals surface area contributed by atoms with Gasteiger partial charge in [-0.2, -0.15) is 0 Å². The van der Waals surface area contributed by atoms with E-state index in [9.17, 15) is 4.79 Å². The molecular weight excluding hydrogens is 226 g/mol. The topological polar surface area (TPSA) is 53.2 Å². The molecule has 0 bridgehead atoms. The average molecular weight is 249 g/mol. The molecule has 1 aliphatic heterocycles. The lowest BCUT2D eigenvalue weighted by Gasteiger charge is -2.11. The maximum Gasteiger partial charge on any atom is 0.211 e. The van der Waals surface area contributed by atoms with Crippen molar-refractivity contribution >= 4 is 12.1 Å². The van der Waals surface area contributed by atoms with Gasteiger partial charge in [-0.25, -0.2) is 0 Å². The summed E-state index contributed by atoms with van der Waals surface area (Å²) in [5.41, 5.74) is 2.13. The Morgan fingerprint density at radius 3 is 1.89 bits per heavy atom. The quantitative estimate of drug-likeness (QED) is 0.713. The number of carbonyl (C=O) groups is 1. The van der Waals surface area contributed by atoms with Gasteiger partial charge in [-0.3, -0.25) is 4.79 Å². The number of hydrogen-bond donors (Lipinski definition) is 3. The molecule has 4 nitrogen and oxygen atoms in total. The van der Waals surface area contributed by atoms with E-state index in [1.54, 1.807) is 0 Å². The molecule has 0 saturated carbocycles. The van der Waals surface area contributed by atoms with E-state index in [1.807, 2.05) is 24.3 Å². The maximum absolute atomic E-state index is 10.1. The molecule has 0 aliphatic carbocycles. The molecule has 1 aromatic carbocycles. The van der Waals surface area contributed by atoms with E-state index in [0.29, 0.717) is 12.3 Å². The van der Waals surface area contributed by atoms with Crippen LogP contribution >= 0.6 is 0 Å². The summed E-state index contributed by atoms with van der Waals surface area (Å²) < 4.78 is 0. The van der Waals surface area contributed by atoms with Gasteiger partial charge in [0.15, 0.2) is 0 Å². The van der Waals surface area contributed by atoms with Crippen molar-refractivity contribution < 1.29 is 4.79 Å². The number of anilines is 1. The van der Waals surface area contributed by atoms with Crippen LogP contribution in [0.5, 0.6) is 0 Å². The van der Waals surface area contributed by atoms with Crippen LogP contribution in [0.3, 0.4) is 0 Å². The van der Waals surface area contributed by atoms with Gasteiger partial charge >= 0.3 is 0 Å². The highest BCUT2D eigenvalue weighted by molar-refractivity contribution is 5.71. The number of carbonyl (C=O) groups excluding carboxylic acids is 1. The van der Waals surface area contributed by atoms with Crippen molar-refractivity contribution in [2.24, 2.45) is 0 Å². The lowest BCUT2D eigenvalue weighted by atomic mass is 10.0. The van der Waals surface area contributed by atoms with Crippen LogP contribution in [0.15, 0.2) is 24.3 Å². The third-order valence-electron chi connectivity index (χ3n) is 2.76. The largest absolute Gasteiger partial charge is 0.329 e. The average Bonchev–Trinajstić information content (AvgIpc) is 2.42. The van der Waals surface area contributed by atoms with Gasteiger partial charge < -0.3 is 16.0 Å². The summed E-state index contributed by atoms with van der Waals surface area (Å²) >= 11 is 0. The van der Waals surface area contributed by atoms with E-state index >= 15 is 0 Å². The number of piperazine rings is 1. The second kappa shape index (κ2) is 8.66. The van der Waals surface area contributed by atoms with E-state index < -0.39 is 0 Å². The number of hydrogen-bond acceptors (Lipinski definition) is 3. The van der Waals surface area contributed by atoms with Crippen LogP contribution in [0.1, 0.15) is 25.3 Å². The highest BCUT2D eigenvalue weighted by Gasteiger charge is 1.97. The molecule has 18 heavy (non-hydrogen) atoms. The van der Waals surface area contributed by atoms with Gasteiger partial charge in [-0.1, -0.05) is 26.0 Å². The molecule has 1 saturated heterocycles. The summed E-state index contributed by atoms with van der Waals surface area (Å²) in [7, 11) is 0. The molecule has 0 unspecified atom stereocenters. The van der Waals surface area contributed by atoms with Gasteiger partial charge in [0.25, 0.3) is 0 Å². The minimum atomic E-state index is 0.537. The van der Waals surface area contributed by atoms with Crippen molar-refractivity contribution in [3.63, 3.8) is 0 Å². The predicted octanol–water partition coefficient (Wildman–Crippen LogP) is 1.56. The van der Waals surface area contributed by atoms with Crippen molar-refractivity contribution in [3.8, 4) is 0 Å². The van der Waals surface area contributed by atoms with Crippen molar-refractivity contribution in [2.75, 3.05) is 31.5 Å². The van der Waals surface area contributed by atoms with E-state index in [4.69, 9.17) is 0 Å². The number of rotatable bonds is 3. The summed E-state index contributed by atoms with van der Waals surface area (Å²) in [6.45, 7) is 8.84. The van der Waals surface area contributed by atoms with Gasteiger partial charge in [0.1, 0.15) is 0 Å². The van der Waals surface area contributed by atoms with Crippen LogP contribution in [0.4, 0.5) is 5.69 Å². The summed E-state index contributed by atoms with van der Waals surface area (Å²) in [6.07, 6.45) is 0.685. The van der Waals surface area contributed by atoms with E-state index in [-0.39, 0.29) is 0 Å². The lowest BCUT2D eigenvalue weighted by molar-refractivity contribution is -0.105. The van der Waals surface area contributed by atoms with Crippen molar-refractivity contribution in [2.45, 2.75) is 19.8 Å². The third-order valence-corrected chi connectivity index (χ3v) is 2.76. The standard InChI is InChI=1S/C10H13NO.C4H10N2/c1-8(2)9-3-5-10(6-4-9)11-7-12;1-2-6-4-3-5-1/h3-8H,1-2H3,(H,11,12);5-6H,1-4H2. The van der Waals surface area contributed by atoms with Crippen LogP contribution in [0.25, 0.3) is 0 Å². The van der Waals surface area contributed by atoms with Gasteiger partial charge in [0.05, 0.1) is 0 Å². The Morgan fingerprint density at radius 2 is 1.56 bits per heavy atom. The second-order valence-corrected chi connectivity index (χ2v) is 4.54. The molecule has 1 fully saturated rings.